The summed E-state index contributed by atoms with van der Waals surface area (Å²) in [6.07, 6.45) is 2.01. The summed E-state index contributed by atoms with van der Waals surface area (Å²) in [7, 11) is 0. The molecule has 2 rings (SSSR count). The van der Waals surface area contributed by atoms with Crippen LogP contribution >= 0.6 is 0 Å². The SMILES string of the molecule is CCCN=C(N)NCCCn1c(C)nc2ccccc21. The number of benzene rings is 1. The van der Waals surface area contributed by atoms with Gasteiger partial charge in [-0.25, -0.2) is 4.98 Å². The van der Waals surface area contributed by atoms with Crippen LogP contribution in [0.4, 0.5) is 0 Å². The molecule has 0 fully saturated rings. The number of imidazole rings is 1. The average molecular weight is 273 g/mol. The molecule has 1 aromatic carbocycles. The summed E-state index contributed by atoms with van der Waals surface area (Å²) in [6.45, 7) is 6.67. The number of para-hydroxylation sites is 2. The second-order valence-electron chi connectivity index (χ2n) is 4.85. The van der Waals surface area contributed by atoms with E-state index in [-0.39, 0.29) is 0 Å². The van der Waals surface area contributed by atoms with Gasteiger partial charge in [0.05, 0.1) is 11.0 Å². The third-order valence-corrected chi connectivity index (χ3v) is 3.22. The minimum atomic E-state index is 0.541. The minimum Gasteiger partial charge on any atom is -0.370 e. The number of rotatable bonds is 6. The van der Waals surface area contributed by atoms with Crippen LogP contribution in [0.3, 0.4) is 0 Å². The molecule has 0 aliphatic heterocycles. The van der Waals surface area contributed by atoms with Crippen molar-refractivity contribution in [2.45, 2.75) is 33.2 Å². The number of nitrogens with two attached hydrogens (primary N) is 1. The topological polar surface area (TPSA) is 68.2 Å². The van der Waals surface area contributed by atoms with Crippen LogP contribution in [0.2, 0.25) is 0 Å². The molecule has 1 aromatic heterocycles. The van der Waals surface area contributed by atoms with E-state index in [1.165, 1.54) is 5.52 Å². The van der Waals surface area contributed by atoms with Gasteiger partial charge in [-0.15, -0.1) is 0 Å². The quantitative estimate of drug-likeness (QED) is 0.481. The monoisotopic (exact) mass is 273 g/mol. The molecule has 3 N–H and O–H groups in total. The number of fused-ring (bicyclic) bond motifs is 1. The van der Waals surface area contributed by atoms with Gasteiger partial charge in [0.1, 0.15) is 5.82 Å². The van der Waals surface area contributed by atoms with Crippen molar-refractivity contribution in [1.82, 2.24) is 14.9 Å². The first kappa shape index (κ1) is 14.4. The number of aliphatic imine (C=N–C) groups is 1. The molecule has 108 valence electrons. The van der Waals surface area contributed by atoms with Crippen LogP contribution < -0.4 is 11.1 Å². The van der Waals surface area contributed by atoms with Crippen LogP contribution in [0.1, 0.15) is 25.6 Å². The fraction of sp³-hybridized carbons (Fsp3) is 0.467. The van der Waals surface area contributed by atoms with Crippen LogP contribution in [0.25, 0.3) is 11.0 Å². The number of nitrogens with one attached hydrogen (secondary N) is 1. The molecule has 0 saturated heterocycles. The molecule has 2 aromatic rings. The summed E-state index contributed by atoms with van der Waals surface area (Å²) < 4.78 is 2.25. The second-order valence-corrected chi connectivity index (χ2v) is 4.85. The molecular weight excluding hydrogens is 250 g/mol. The van der Waals surface area contributed by atoms with Gasteiger partial charge < -0.3 is 15.6 Å². The van der Waals surface area contributed by atoms with Crippen molar-refractivity contribution in [3.05, 3.63) is 30.1 Å². The zero-order chi connectivity index (χ0) is 14.4. The smallest absolute Gasteiger partial charge is 0.188 e. The fourth-order valence-electron chi connectivity index (χ4n) is 2.22. The standard InChI is InChI=1S/C15H23N5/c1-3-9-17-15(16)18-10-6-11-20-12(2)19-13-7-4-5-8-14(13)20/h4-5,7-8H,3,6,9-11H2,1-2H3,(H3,16,17,18). The molecule has 20 heavy (non-hydrogen) atoms. The molecule has 0 saturated carbocycles. The summed E-state index contributed by atoms with van der Waals surface area (Å²) in [5.74, 6) is 1.60. The Hall–Kier alpha value is -2.04. The molecule has 0 aliphatic rings. The Labute approximate surface area is 119 Å². The van der Waals surface area contributed by atoms with E-state index in [1.807, 2.05) is 25.1 Å². The third-order valence-electron chi connectivity index (χ3n) is 3.22. The van der Waals surface area contributed by atoms with E-state index in [0.717, 1.165) is 43.8 Å². The molecule has 1 heterocycles. The summed E-state index contributed by atoms with van der Waals surface area (Å²) >= 11 is 0. The maximum absolute atomic E-state index is 5.76. The first-order chi connectivity index (χ1) is 9.72. The Morgan fingerprint density at radius 2 is 2.20 bits per heavy atom. The number of aromatic nitrogens is 2. The molecule has 0 amide bonds. The van der Waals surface area contributed by atoms with Crippen LogP contribution in [0, 0.1) is 6.92 Å². The van der Waals surface area contributed by atoms with Gasteiger partial charge in [0.25, 0.3) is 0 Å². The van der Waals surface area contributed by atoms with E-state index < -0.39 is 0 Å². The van der Waals surface area contributed by atoms with Crippen molar-refractivity contribution in [3.63, 3.8) is 0 Å². The highest BCUT2D eigenvalue weighted by molar-refractivity contribution is 5.77. The van der Waals surface area contributed by atoms with Crippen molar-refractivity contribution in [1.29, 1.82) is 0 Å². The summed E-state index contributed by atoms with van der Waals surface area (Å²) in [6, 6.07) is 8.23. The first-order valence-electron chi connectivity index (χ1n) is 7.18. The number of hydrogen-bond acceptors (Lipinski definition) is 2. The molecule has 5 heteroatoms. The highest BCUT2D eigenvalue weighted by Crippen LogP contribution is 2.15. The second kappa shape index (κ2) is 6.93. The maximum atomic E-state index is 5.76. The summed E-state index contributed by atoms with van der Waals surface area (Å²) in [5.41, 5.74) is 8.01. The lowest BCUT2D eigenvalue weighted by atomic mass is 10.3. The average Bonchev–Trinajstić information content (AvgIpc) is 2.77. The number of aryl methyl sites for hydroxylation is 2. The van der Waals surface area contributed by atoms with E-state index in [4.69, 9.17) is 5.73 Å². The van der Waals surface area contributed by atoms with Crippen molar-refractivity contribution in [2.75, 3.05) is 13.1 Å². The lowest BCUT2D eigenvalue weighted by Crippen LogP contribution is -2.33. The Morgan fingerprint density at radius 1 is 1.40 bits per heavy atom. The number of nitrogens with zero attached hydrogens (tertiary/aromatic N) is 3. The van der Waals surface area contributed by atoms with Gasteiger partial charge in [-0.2, -0.15) is 0 Å². The Kier molecular flexibility index (Phi) is 4.98. The highest BCUT2D eigenvalue weighted by atomic mass is 15.1. The predicted molar refractivity (Wildman–Crippen MR) is 83.9 cm³/mol. The normalized spacial score (nSPS) is 12.0. The van der Waals surface area contributed by atoms with Crippen LogP contribution in [-0.4, -0.2) is 28.6 Å². The lowest BCUT2D eigenvalue weighted by Gasteiger charge is -2.08. The van der Waals surface area contributed by atoms with Gasteiger partial charge in [-0.05, 0) is 31.9 Å². The van der Waals surface area contributed by atoms with Crippen molar-refractivity contribution in [3.8, 4) is 0 Å². The molecule has 0 spiro atoms. The first-order valence-corrected chi connectivity index (χ1v) is 7.18. The largest absolute Gasteiger partial charge is 0.370 e. The van der Waals surface area contributed by atoms with Crippen molar-refractivity contribution >= 4 is 17.0 Å². The minimum absolute atomic E-state index is 0.541. The van der Waals surface area contributed by atoms with Crippen LogP contribution in [-0.2, 0) is 6.54 Å². The Morgan fingerprint density at radius 3 is 3.00 bits per heavy atom. The lowest BCUT2D eigenvalue weighted by molar-refractivity contribution is 0.628. The zero-order valence-electron chi connectivity index (χ0n) is 12.3. The molecular formula is C15H23N5. The van der Waals surface area contributed by atoms with E-state index in [2.05, 4.69) is 32.9 Å². The van der Waals surface area contributed by atoms with E-state index in [1.54, 1.807) is 0 Å². The molecule has 0 bridgehead atoms. The van der Waals surface area contributed by atoms with Crippen LogP contribution in [0.15, 0.2) is 29.3 Å². The van der Waals surface area contributed by atoms with Crippen molar-refractivity contribution in [2.24, 2.45) is 10.7 Å². The Balaban J connectivity index is 1.89. The number of hydrogen-bond donors (Lipinski definition) is 2. The van der Waals surface area contributed by atoms with Gasteiger partial charge in [-0.3, -0.25) is 4.99 Å². The molecule has 0 aliphatic carbocycles. The van der Waals surface area contributed by atoms with Gasteiger partial charge in [0.15, 0.2) is 5.96 Å². The zero-order valence-corrected chi connectivity index (χ0v) is 12.3. The van der Waals surface area contributed by atoms with Crippen molar-refractivity contribution < 1.29 is 0 Å². The van der Waals surface area contributed by atoms with Crippen LogP contribution in [0.5, 0.6) is 0 Å². The maximum Gasteiger partial charge on any atom is 0.188 e. The highest BCUT2D eigenvalue weighted by Gasteiger charge is 2.05. The van der Waals surface area contributed by atoms with Gasteiger partial charge in [0, 0.05) is 19.6 Å². The summed E-state index contributed by atoms with van der Waals surface area (Å²) in [5, 5.41) is 3.14. The van der Waals surface area contributed by atoms with E-state index in [9.17, 15) is 0 Å². The molecule has 0 radical (unpaired) electrons. The van der Waals surface area contributed by atoms with E-state index >= 15 is 0 Å². The van der Waals surface area contributed by atoms with Gasteiger partial charge in [-0.1, -0.05) is 19.1 Å². The predicted octanol–water partition coefficient (Wildman–Crippen LogP) is 2.05. The Bertz CT molecular complexity index is 585. The number of guanidine groups is 1. The fourth-order valence-corrected chi connectivity index (χ4v) is 2.22. The van der Waals surface area contributed by atoms with E-state index in [0.29, 0.717) is 5.96 Å². The molecule has 5 nitrogen and oxygen atoms in total. The van der Waals surface area contributed by atoms with Gasteiger partial charge in [0.2, 0.25) is 0 Å². The molecule has 0 unspecified atom stereocenters. The third kappa shape index (κ3) is 3.50. The summed E-state index contributed by atoms with van der Waals surface area (Å²) in [4.78, 5) is 8.77. The molecule has 0 atom stereocenters. The van der Waals surface area contributed by atoms with Gasteiger partial charge >= 0.3 is 0 Å².